The Morgan fingerprint density at radius 1 is 1.50 bits per heavy atom. The van der Waals surface area contributed by atoms with Crippen LogP contribution in [0.15, 0.2) is 36.5 Å². The van der Waals surface area contributed by atoms with Gasteiger partial charge in [0.25, 0.3) is 0 Å². The SMILES string of the molecule is C/C=C/CCCC(=O)NC[C@H]1[C@H]2CN(c3ccccn3)C[C@]23CC[C@H]1O3. The number of fused-ring (bicyclic) bond motifs is 1. The number of ether oxygens (including phenoxy) is 1. The number of pyridine rings is 1. The molecular formula is C21H29N3O2. The Morgan fingerprint density at radius 3 is 3.23 bits per heavy atom. The van der Waals surface area contributed by atoms with Crippen molar-refractivity contribution in [3.8, 4) is 0 Å². The third-order valence-corrected chi connectivity index (χ3v) is 6.30. The first-order valence-electron chi connectivity index (χ1n) is 9.93. The van der Waals surface area contributed by atoms with Crippen molar-refractivity contribution in [1.82, 2.24) is 10.3 Å². The molecule has 3 fully saturated rings. The van der Waals surface area contributed by atoms with E-state index >= 15 is 0 Å². The van der Waals surface area contributed by atoms with Crippen molar-refractivity contribution < 1.29 is 9.53 Å². The molecule has 3 aliphatic rings. The van der Waals surface area contributed by atoms with Gasteiger partial charge in [0.05, 0.1) is 11.7 Å². The van der Waals surface area contributed by atoms with Gasteiger partial charge in [-0.15, -0.1) is 0 Å². The molecule has 5 heteroatoms. The maximum atomic E-state index is 12.1. The van der Waals surface area contributed by atoms with Gasteiger partial charge in [-0.3, -0.25) is 4.79 Å². The Hall–Kier alpha value is -1.88. The van der Waals surface area contributed by atoms with E-state index in [1.165, 1.54) is 0 Å². The zero-order valence-electron chi connectivity index (χ0n) is 15.6. The van der Waals surface area contributed by atoms with Crippen LogP contribution in [-0.2, 0) is 9.53 Å². The lowest BCUT2D eigenvalue weighted by atomic mass is 9.73. The van der Waals surface area contributed by atoms with Crippen molar-refractivity contribution in [3.63, 3.8) is 0 Å². The van der Waals surface area contributed by atoms with Crippen LogP contribution in [0.4, 0.5) is 5.82 Å². The molecule has 3 aliphatic heterocycles. The summed E-state index contributed by atoms with van der Waals surface area (Å²) in [5, 5.41) is 3.17. The quantitative estimate of drug-likeness (QED) is 0.604. The van der Waals surface area contributed by atoms with Crippen LogP contribution in [0.1, 0.15) is 39.0 Å². The number of unbranched alkanes of at least 4 members (excludes halogenated alkanes) is 1. The third-order valence-electron chi connectivity index (χ3n) is 6.30. The zero-order valence-corrected chi connectivity index (χ0v) is 15.6. The number of allylic oxidation sites excluding steroid dienone is 2. The molecule has 0 radical (unpaired) electrons. The first kappa shape index (κ1) is 17.5. The molecule has 1 spiro atoms. The highest BCUT2D eigenvalue weighted by Crippen LogP contribution is 2.55. The van der Waals surface area contributed by atoms with Crippen LogP contribution in [0.25, 0.3) is 0 Å². The average Bonchev–Trinajstić information content (AvgIpc) is 3.33. The van der Waals surface area contributed by atoms with Gasteiger partial charge < -0.3 is 15.0 Å². The fourth-order valence-electron chi connectivity index (χ4n) is 5.05. The largest absolute Gasteiger partial charge is 0.369 e. The minimum absolute atomic E-state index is 0.0243. The van der Waals surface area contributed by atoms with Gasteiger partial charge in [0, 0.05) is 44.1 Å². The molecule has 0 saturated carbocycles. The van der Waals surface area contributed by atoms with E-state index in [0.717, 1.165) is 51.1 Å². The van der Waals surface area contributed by atoms with Crippen LogP contribution in [0.2, 0.25) is 0 Å². The maximum Gasteiger partial charge on any atom is 0.220 e. The number of nitrogens with zero attached hydrogens (tertiary/aromatic N) is 2. The van der Waals surface area contributed by atoms with Gasteiger partial charge >= 0.3 is 0 Å². The Balaban J connectivity index is 1.34. The fraction of sp³-hybridized carbons (Fsp3) is 0.619. The summed E-state index contributed by atoms with van der Waals surface area (Å²) in [4.78, 5) is 19.0. The summed E-state index contributed by atoms with van der Waals surface area (Å²) >= 11 is 0. The normalized spacial score (nSPS) is 32.3. The second-order valence-electron chi connectivity index (χ2n) is 7.86. The summed E-state index contributed by atoms with van der Waals surface area (Å²) < 4.78 is 6.46. The van der Waals surface area contributed by atoms with Crippen molar-refractivity contribution >= 4 is 11.7 Å². The van der Waals surface area contributed by atoms with E-state index in [4.69, 9.17) is 4.74 Å². The first-order valence-corrected chi connectivity index (χ1v) is 9.93. The number of carbonyl (C=O) groups is 1. The standard InChI is InChI=1S/C21H29N3O2/c1-2-3-4-5-9-20(25)23-13-16-17-14-24(19-8-6-7-12-22-19)15-21(17)11-10-18(16)26-21/h2-3,6-8,12,16-18H,4-5,9-11,13-15H2,1H3,(H,23,25)/b3-2+/t16-,17+,18+,21+/m0/s1. The van der Waals surface area contributed by atoms with Gasteiger partial charge in [-0.2, -0.15) is 0 Å². The zero-order chi connectivity index (χ0) is 18.0. The van der Waals surface area contributed by atoms with E-state index < -0.39 is 0 Å². The molecule has 5 nitrogen and oxygen atoms in total. The number of hydrogen-bond acceptors (Lipinski definition) is 4. The Morgan fingerprint density at radius 2 is 2.42 bits per heavy atom. The lowest BCUT2D eigenvalue weighted by Crippen LogP contribution is -2.41. The van der Waals surface area contributed by atoms with E-state index in [1.54, 1.807) is 0 Å². The average molecular weight is 355 g/mol. The summed E-state index contributed by atoms with van der Waals surface area (Å²) in [6, 6.07) is 6.07. The Bertz CT molecular complexity index is 662. The minimum Gasteiger partial charge on any atom is -0.369 e. The molecule has 0 aromatic carbocycles. The number of nitrogens with one attached hydrogen (secondary N) is 1. The van der Waals surface area contributed by atoms with E-state index in [1.807, 2.05) is 31.3 Å². The predicted molar refractivity (Wildman–Crippen MR) is 102 cm³/mol. The highest BCUT2D eigenvalue weighted by Gasteiger charge is 2.63. The number of rotatable bonds is 7. The lowest BCUT2D eigenvalue weighted by Gasteiger charge is -2.29. The second kappa shape index (κ2) is 7.39. The molecule has 4 rings (SSSR count). The number of amides is 1. The molecule has 140 valence electrons. The van der Waals surface area contributed by atoms with Gasteiger partial charge in [0.15, 0.2) is 0 Å². The van der Waals surface area contributed by atoms with Crippen molar-refractivity contribution in [1.29, 1.82) is 0 Å². The van der Waals surface area contributed by atoms with Crippen LogP contribution in [0.5, 0.6) is 0 Å². The molecular weight excluding hydrogens is 326 g/mol. The molecule has 0 unspecified atom stereocenters. The van der Waals surface area contributed by atoms with Crippen LogP contribution >= 0.6 is 0 Å². The summed E-state index contributed by atoms with van der Waals surface area (Å²) in [6.45, 7) is 4.67. The Labute approximate surface area is 155 Å². The fourth-order valence-corrected chi connectivity index (χ4v) is 5.05. The monoisotopic (exact) mass is 355 g/mol. The van der Waals surface area contributed by atoms with Crippen LogP contribution in [0.3, 0.4) is 0 Å². The summed E-state index contributed by atoms with van der Waals surface area (Å²) in [5.41, 5.74) is -0.0243. The topological polar surface area (TPSA) is 54.5 Å². The smallest absolute Gasteiger partial charge is 0.220 e. The van der Waals surface area contributed by atoms with Gasteiger partial charge in [-0.1, -0.05) is 18.2 Å². The van der Waals surface area contributed by atoms with Crippen LogP contribution in [-0.4, -0.2) is 42.2 Å². The summed E-state index contributed by atoms with van der Waals surface area (Å²) in [7, 11) is 0. The second-order valence-corrected chi connectivity index (χ2v) is 7.86. The van der Waals surface area contributed by atoms with Gasteiger partial charge in [-0.25, -0.2) is 4.98 Å². The molecule has 4 heterocycles. The van der Waals surface area contributed by atoms with E-state index in [2.05, 4.69) is 27.3 Å². The molecule has 0 aliphatic carbocycles. The van der Waals surface area contributed by atoms with Gasteiger partial charge in [0.1, 0.15) is 5.82 Å². The van der Waals surface area contributed by atoms with E-state index in [0.29, 0.717) is 24.4 Å². The van der Waals surface area contributed by atoms with Crippen molar-refractivity contribution in [2.24, 2.45) is 11.8 Å². The van der Waals surface area contributed by atoms with Crippen LogP contribution in [0, 0.1) is 11.8 Å². The molecule has 1 amide bonds. The molecule has 1 aromatic rings. The van der Waals surface area contributed by atoms with Gasteiger partial charge in [-0.05, 0) is 44.7 Å². The predicted octanol–water partition coefficient (Wildman–Crippen LogP) is 2.93. The van der Waals surface area contributed by atoms with Crippen LogP contribution < -0.4 is 10.2 Å². The minimum atomic E-state index is -0.0243. The highest BCUT2D eigenvalue weighted by molar-refractivity contribution is 5.75. The van der Waals surface area contributed by atoms with E-state index in [-0.39, 0.29) is 11.5 Å². The van der Waals surface area contributed by atoms with Gasteiger partial charge in [0.2, 0.25) is 5.91 Å². The third kappa shape index (κ3) is 3.25. The lowest BCUT2D eigenvalue weighted by molar-refractivity contribution is -0.121. The Kier molecular flexibility index (Phi) is 4.98. The van der Waals surface area contributed by atoms with Crippen molar-refractivity contribution in [2.75, 3.05) is 24.5 Å². The van der Waals surface area contributed by atoms with E-state index in [9.17, 15) is 4.79 Å². The molecule has 4 atom stereocenters. The number of carbonyl (C=O) groups excluding carboxylic acids is 1. The molecule has 2 bridgehead atoms. The summed E-state index contributed by atoms with van der Waals surface area (Å²) in [6.07, 6.45) is 11.1. The first-order chi connectivity index (χ1) is 12.7. The number of anilines is 1. The molecule has 3 saturated heterocycles. The molecule has 1 aromatic heterocycles. The number of aromatic nitrogens is 1. The molecule has 26 heavy (non-hydrogen) atoms. The highest BCUT2D eigenvalue weighted by atomic mass is 16.5. The maximum absolute atomic E-state index is 12.1. The number of hydrogen-bond donors (Lipinski definition) is 1. The van der Waals surface area contributed by atoms with Crippen molar-refractivity contribution in [2.45, 2.75) is 50.7 Å². The van der Waals surface area contributed by atoms with Crippen molar-refractivity contribution in [3.05, 3.63) is 36.5 Å². The summed E-state index contributed by atoms with van der Waals surface area (Å²) in [5.74, 6) is 2.13. The molecule has 1 N–H and O–H groups in total.